The van der Waals surface area contributed by atoms with Crippen molar-refractivity contribution in [3.05, 3.63) is 66.7 Å². The second-order valence-electron chi connectivity index (χ2n) is 4.99. The van der Waals surface area contributed by atoms with Gasteiger partial charge < -0.3 is 10.7 Å². The molecule has 0 unspecified atom stereocenters. The first kappa shape index (κ1) is 11.1. The van der Waals surface area contributed by atoms with Crippen molar-refractivity contribution in [1.82, 2.24) is 4.98 Å². The summed E-state index contributed by atoms with van der Waals surface area (Å²) in [4.78, 5) is 3.47. The van der Waals surface area contributed by atoms with Crippen LogP contribution in [0.5, 0.6) is 0 Å². The number of hydrogen-bond acceptors (Lipinski definition) is 1. The van der Waals surface area contributed by atoms with Crippen LogP contribution in [0.2, 0.25) is 0 Å². The largest absolute Gasteiger partial charge is 0.398 e. The van der Waals surface area contributed by atoms with Gasteiger partial charge in [-0.05, 0) is 23.8 Å². The molecular weight excluding hydrogens is 244 g/mol. The second-order valence-corrected chi connectivity index (χ2v) is 4.99. The smallest absolute Gasteiger partial charge is 0.0471 e. The van der Waals surface area contributed by atoms with Gasteiger partial charge in [0.05, 0.1) is 0 Å². The maximum atomic E-state index is 6.15. The molecule has 0 saturated carbocycles. The van der Waals surface area contributed by atoms with Crippen molar-refractivity contribution in [3.8, 4) is 11.1 Å². The Hall–Kier alpha value is -2.74. The van der Waals surface area contributed by atoms with Gasteiger partial charge in [-0.25, -0.2) is 0 Å². The molecule has 96 valence electrons. The summed E-state index contributed by atoms with van der Waals surface area (Å²) in [5.41, 5.74) is 11.5. The minimum atomic E-state index is 0.810. The Kier molecular flexibility index (Phi) is 2.30. The zero-order chi connectivity index (χ0) is 13.5. The predicted octanol–water partition coefficient (Wildman–Crippen LogP) is 4.57. The van der Waals surface area contributed by atoms with Crippen LogP contribution in [0.1, 0.15) is 0 Å². The van der Waals surface area contributed by atoms with Gasteiger partial charge in [-0.3, -0.25) is 0 Å². The van der Waals surface area contributed by atoms with Crippen molar-refractivity contribution >= 4 is 27.5 Å². The van der Waals surface area contributed by atoms with E-state index in [1.165, 1.54) is 16.3 Å². The molecular formula is C18H14N2. The normalized spacial score (nSPS) is 11.2. The van der Waals surface area contributed by atoms with Crippen molar-refractivity contribution in [1.29, 1.82) is 0 Å². The number of nitrogens with one attached hydrogen (secondary N) is 1. The summed E-state index contributed by atoms with van der Waals surface area (Å²) in [6, 6.07) is 22.7. The lowest BCUT2D eigenvalue weighted by molar-refractivity contribution is 1.54. The van der Waals surface area contributed by atoms with Crippen molar-refractivity contribution in [2.75, 3.05) is 5.73 Å². The van der Waals surface area contributed by atoms with E-state index < -0.39 is 0 Å². The van der Waals surface area contributed by atoms with Gasteiger partial charge in [-0.2, -0.15) is 0 Å². The molecule has 0 spiro atoms. The highest BCUT2D eigenvalue weighted by atomic mass is 14.7. The van der Waals surface area contributed by atoms with Gasteiger partial charge in [0.15, 0.2) is 0 Å². The van der Waals surface area contributed by atoms with E-state index in [4.69, 9.17) is 5.73 Å². The Morgan fingerprint density at radius 3 is 2.25 bits per heavy atom. The Morgan fingerprint density at radius 1 is 0.650 bits per heavy atom. The van der Waals surface area contributed by atoms with Gasteiger partial charge in [0.25, 0.3) is 0 Å². The molecule has 0 amide bonds. The van der Waals surface area contributed by atoms with E-state index in [2.05, 4.69) is 47.4 Å². The molecule has 0 aliphatic carbocycles. The fourth-order valence-corrected chi connectivity index (χ4v) is 2.87. The van der Waals surface area contributed by atoms with Crippen molar-refractivity contribution in [2.45, 2.75) is 0 Å². The first-order valence-corrected chi connectivity index (χ1v) is 6.69. The zero-order valence-corrected chi connectivity index (χ0v) is 10.9. The number of hydrogen-bond donors (Lipinski definition) is 2. The molecule has 0 aliphatic rings. The summed E-state index contributed by atoms with van der Waals surface area (Å²) in [6.45, 7) is 0. The summed E-state index contributed by atoms with van der Waals surface area (Å²) in [6.07, 6.45) is 0. The molecule has 0 radical (unpaired) electrons. The number of rotatable bonds is 1. The SMILES string of the molecule is Nc1ccccc1-c1cccc2[nH]c3ccccc3c12. The third-order valence-electron chi connectivity index (χ3n) is 3.78. The summed E-state index contributed by atoms with van der Waals surface area (Å²) in [5, 5.41) is 2.47. The number of aromatic amines is 1. The van der Waals surface area contributed by atoms with E-state index in [-0.39, 0.29) is 0 Å². The van der Waals surface area contributed by atoms with Crippen molar-refractivity contribution < 1.29 is 0 Å². The molecule has 2 heteroatoms. The number of H-pyrrole nitrogens is 1. The fourth-order valence-electron chi connectivity index (χ4n) is 2.87. The van der Waals surface area contributed by atoms with Crippen LogP contribution in [0.4, 0.5) is 5.69 Å². The highest BCUT2D eigenvalue weighted by molar-refractivity contribution is 6.14. The topological polar surface area (TPSA) is 41.8 Å². The van der Waals surface area contributed by atoms with Gasteiger partial charge in [-0.15, -0.1) is 0 Å². The molecule has 4 rings (SSSR count). The average molecular weight is 258 g/mol. The summed E-state index contributed by atoms with van der Waals surface area (Å²) in [7, 11) is 0. The molecule has 0 saturated heterocycles. The molecule has 1 heterocycles. The van der Waals surface area contributed by atoms with Gasteiger partial charge >= 0.3 is 0 Å². The van der Waals surface area contributed by atoms with Crippen molar-refractivity contribution in [3.63, 3.8) is 0 Å². The van der Waals surface area contributed by atoms with Gasteiger partial charge in [0.2, 0.25) is 0 Å². The Labute approximate surface area is 116 Å². The standard InChI is InChI=1S/C18H14N2/c19-15-9-3-1-6-12(15)13-8-5-11-17-18(13)14-7-2-4-10-16(14)20-17/h1-11,20H,19H2. The third-order valence-corrected chi connectivity index (χ3v) is 3.78. The molecule has 0 aliphatic heterocycles. The fraction of sp³-hybridized carbons (Fsp3) is 0. The van der Waals surface area contributed by atoms with E-state index in [0.717, 1.165) is 22.3 Å². The number of nitrogens with two attached hydrogens (primary N) is 1. The van der Waals surface area contributed by atoms with Crippen LogP contribution in [0.25, 0.3) is 32.9 Å². The van der Waals surface area contributed by atoms with Gasteiger partial charge in [0, 0.05) is 33.1 Å². The molecule has 3 N–H and O–H groups in total. The number of aromatic nitrogens is 1. The van der Waals surface area contributed by atoms with Gasteiger partial charge in [0.1, 0.15) is 0 Å². The van der Waals surface area contributed by atoms with Crippen LogP contribution >= 0.6 is 0 Å². The Morgan fingerprint density at radius 2 is 1.35 bits per heavy atom. The third kappa shape index (κ3) is 1.51. The molecule has 0 atom stereocenters. The highest BCUT2D eigenvalue weighted by Gasteiger charge is 2.11. The Balaban J connectivity index is 2.17. The highest BCUT2D eigenvalue weighted by Crippen LogP contribution is 2.36. The summed E-state index contributed by atoms with van der Waals surface area (Å²) >= 11 is 0. The van der Waals surface area contributed by atoms with Crippen LogP contribution in [-0.4, -0.2) is 4.98 Å². The monoisotopic (exact) mass is 258 g/mol. The van der Waals surface area contributed by atoms with Crippen LogP contribution in [0, 0.1) is 0 Å². The number of nitrogen functional groups attached to an aromatic ring is 1. The number of fused-ring (bicyclic) bond motifs is 3. The quantitative estimate of drug-likeness (QED) is 0.482. The number of para-hydroxylation sites is 2. The molecule has 4 aromatic rings. The maximum Gasteiger partial charge on any atom is 0.0471 e. The lowest BCUT2D eigenvalue weighted by Crippen LogP contribution is -1.89. The average Bonchev–Trinajstić information content (AvgIpc) is 2.86. The second kappa shape index (κ2) is 4.14. The Bertz CT molecular complexity index is 919. The van der Waals surface area contributed by atoms with Gasteiger partial charge in [-0.1, -0.05) is 48.5 Å². The van der Waals surface area contributed by atoms with E-state index in [0.29, 0.717) is 0 Å². The lowest BCUT2D eigenvalue weighted by Gasteiger charge is -2.07. The van der Waals surface area contributed by atoms with E-state index in [1.807, 2.05) is 24.3 Å². The van der Waals surface area contributed by atoms with E-state index in [1.54, 1.807) is 0 Å². The zero-order valence-electron chi connectivity index (χ0n) is 10.9. The molecule has 0 bridgehead atoms. The number of benzene rings is 3. The minimum absolute atomic E-state index is 0.810. The van der Waals surface area contributed by atoms with E-state index in [9.17, 15) is 0 Å². The lowest BCUT2D eigenvalue weighted by atomic mass is 9.98. The first-order valence-electron chi connectivity index (χ1n) is 6.69. The maximum absolute atomic E-state index is 6.15. The minimum Gasteiger partial charge on any atom is -0.398 e. The van der Waals surface area contributed by atoms with Crippen LogP contribution < -0.4 is 5.73 Å². The predicted molar refractivity (Wildman–Crippen MR) is 85.7 cm³/mol. The molecule has 20 heavy (non-hydrogen) atoms. The van der Waals surface area contributed by atoms with E-state index >= 15 is 0 Å². The van der Waals surface area contributed by atoms with Crippen LogP contribution in [-0.2, 0) is 0 Å². The summed E-state index contributed by atoms with van der Waals surface area (Å²) < 4.78 is 0. The van der Waals surface area contributed by atoms with Crippen LogP contribution in [0.3, 0.4) is 0 Å². The first-order chi connectivity index (χ1) is 9.84. The van der Waals surface area contributed by atoms with Crippen molar-refractivity contribution in [2.24, 2.45) is 0 Å². The molecule has 2 nitrogen and oxygen atoms in total. The van der Waals surface area contributed by atoms with Crippen LogP contribution in [0.15, 0.2) is 66.7 Å². The molecule has 0 fully saturated rings. The summed E-state index contributed by atoms with van der Waals surface area (Å²) in [5.74, 6) is 0. The molecule has 1 aromatic heterocycles. The number of anilines is 1. The molecule has 3 aromatic carbocycles.